The highest BCUT2D eigenvalue weighted by molar-refractivity contribution is 6.04. The van der Waals surface area contributed by atoms with Gasteiger partial charge in [-0.05, 0) is 57.7 Å². The summed E-state index contributed by atoms with van der Waals surface area (Å²) in [6.07, 6.45) is 0. The maximum Gasteiger partial charge on any atom is 0.0991 e. The molecule has 4 aromatic rings. The topological polar surface area (TPSA) is 47.6 Å². The molecule has 2 heteroatoms. The molecule has 0 saturated heterocycles. The molecule has 0 radical (unpaired) electrons. The maximum atomic E-state index is 9.46. The summed E-state index contributed by atoms with van der Waals surface area (Å²) in [6.45, 7) is 0. The van der Waals surface area contributed by atoms with Crippen LogP contribution >= 0.6 is 0 Å². The number of rotatable bonds is 4. The normalized spacial score (nSPS) is 9.93. The lowest BCUT2D eigenvalue weighted by Gasteiger charge is -2.18. The summed E-state index contributed by atoms with van der Waals surface area (Å²) < 4.78 is 0. The van der Waals surface area contributed by atoms with Crippen molar-refractivity contribution in [1.29, 1.82) is 10.5 Å². The number of benzene rings is 4. The van der Waals surface area contributed by atoms with E-state index in [1.807, 2.05) is 72.8 Å². The molecule has 30 heavy (non-hydrogen) atoms. The molecule has 0 saturated carbocycles. The van der Waals surface area contributed by atoms with E-state index in [1.165, 1.54) is 0 Å². The molecule has 0 aromatic heterocycles. The van der Waals surface area contributed by atoms with Crippen LogP contribution in [0, 0.1) is 22.7 Å². The van der Waals surface area contributed by atoms with Crippen LogP contribution in [0.1, 0.15) is 33.4 Å². The molecule has 0 aliphatic heterocycles. The lowest BCUT2D eigenvalue weighted by Crippen LogP contribution is -1.98. The highest BCUT2D eigenvalue weighted by Gasteiger charge is 2.16. The van der Waals surface area contributed by atoms with E-state index in [-0.39, 0.29) is 0 Å². The zero-order chi connectivity index (χ0) is 20.8. The van der Waals surface area contributed by atoms with Gasteiger partial charge in [0.2, 0.25) is 0 Å². The molecule has 0 fully saturated rings. The van der Waals surface area contributed by atoms with Gasteiger partial charge in [-0.3, -0.25) is 0 Å². The lowest BCUT2D eigenvalue weighted by molar-refractivity contribution is 1.44. The Hall–Kier alpha value is -4.40. The first-order valence-corrected chi connectivity index (χ1v) is 9.66. The molecule has 0 aliphatic rings. The van der Waals surface area contributed by atoms with Gasteiger partial charge in [0.15, 0.2) is 0 Å². The van der Waals surface area contributed by atoms with Gasteiger partial charge < -0.3 is 0 Å². The van der Waals surface area contributed by atoms with E-state index >= 15 is 0 Å². The smallest absolute Gasteiger partial charge is 0.0991 e. The summed E-state index contributed by atoms with van der Waals surface area (Å²) in [5, 5.41) is 18.9. The number of nitrogens with zero attached hydrogens (tertiary/aromatic N) is 2. The van der Waals surface area contributed by atoms with Gasteiger partial charge in [-0.15, -0.1) is 0 Å². The van der Waals surface area contributed by atoms with E-state index in [0.29, 0.717) is 11.1 Å². The zero-order valence-corrected chi connectivity index (χ0v) is 16.3. The van der Waals surface area contributed by atoms with Crippen molar-refractivity contribution in [3.05, 3.63) is 143 Å². The van der Waals surface area contributed by atoms with Crippen LogP contribution < -0.4 is 0 Å². The molecule has 0 aliphatic carbocycles. The second kappa shape index (κ2) is 8.74. The molecule has 0 heterocycles. The molecular weight excluding hydrogens is 364 g/mol. The predicted octanol–water partition coefficient (Wildman–Crippen LogP) is 6.44. The molecular formula is C28H18N2. The summed E-state index contributed by atoms with van der Waals surface area (Å²) >= 11 is 0. The van der Waals surface area contributed by atoms with Crippen molar-refractivity contribution in [2.45, 2.75) is 0 Å². The van der Waals surface area contributed by atoms with Crippen LogP contribution in [0.4, 0.5) is 0 Å². The Morgan fingerprint density at radius 1 is 0.433 bits per heavy atom. The fourth-order valence-electron chi connectivity index (χ4n) is 3.61. The number of nitriles is 2. The molecule has 4 aromatic carbocycles. The molecule has 0 N–H and O–H groups in total. The Morgan fingerprint density at radius 3 is 1.20 bits per heavy atom. The molecule has 140 valence electrons. The van der Waals surface area contributed by atoms with Crippen molar-refractivity contribution in [3.63, 3.8) is 0 Å². The van der Waals surface area contributed by atoms with E-state index in [2.05, 4.69) is 36.4 Å². The zero-order valence-electron chi connectivity index (χ0n) is 16.3. The van der Waals surface area contributed by atoms with Crippen LogP contribution in [0.2, 0.25) is 0 Å². The van der Waals surface area contributed by atoms with Crippen LogP contribution in [0.25, 0.3) is 11.1 Å². The first-order valence-electron chi connectivity index (χ1n) is 9.66. The Bertz CT molecular complexity index is 1190. The minimum absolute atomic E-state index is 0.599. The van der Waals surface area contributed by atoms with E-state index in [1.54, 1.807) is 12.1 Å². The minimum Gasteiger partial charge on any atom is -0.192 e. The molecule has 0 amide bonds. The van der Waals surface area contributed by atoms with Crippen LogP contribution in [0.3, 0.4) is 0 Å². The second-order valence-electron chi connectivity index (χ2n) is 6.87. The molecule has 0 spiro atoms. The third-order valence-electron chi connectivity index (χ3n) is 4.94. The van der Waals surface area contributed by atoms with Gasteiger partial charge in [0, 0.05) is 0 Å². The van der Waals surface area contributed by atoms with Crippen molar-refractivity contribution in [2.24, 2.45) is 0 Å². The van der Waals surface area contributed by atoms with Gasteiger partial charge in [0.05, 0.1) is 23.3 Å². The van der Waals surface area contributed by atoms with E-state index in [0.717, 1.165) is 33.4 Å². The Kier molecular flexibility index (Phi) is 5.52. The van der Waals surface area contributed by atoms with Gasteiger partial charge in [-0.1, -0.05) is 84.9 Å². The van der Waals surface area contributed by atoms with Crippen molar-refractivity contribution >= 4 is 11.1 Å². The van der Waals surface area contributed by atoms with Crippen molar-refractivity contribution in [3.8, 4) is 12.1 Å². The van der Waals surface area contributed by atoms with Crippen LogP contribution in [0.5, 0.6) is 0 Å². The van der Waals surface area contributed by atoms with Crippen molar-refractivity contribution in [1.82, 2.24) is 0 Å². The van der Waals surface area contributed by atoms with Gasteiger partial charge in [-0.25, -0.2) is 0 Å². The van der Waals surface area contributed by atoms with Crippen molar-refractivity contribution in [2.75, 3.05) is 0 Å². The molecule has 4 rings (SSSR count). The highest BCUT2D eigenvalue weighted by Crippen LogP contribution is 2.37. The predicted molar refractivity (Wildman–Crippen MR) is 120 cm³/mol. The Morgan fingerprint density at radius 2 is 0.800 bits per heavy atom. The molecule has 2 nitrogen and oxygen atoms in total. The first kappa shape index (κ1) is 18.9. The van der Waals surface area contributed by atoms with Gasteiger partial charge in [0.1, 0.15) is 0 Å². The summed E-state index contributed by atoms with van der Waals surface area (Å²) in [5.41, 5.74) is 7.26. The lowest BCUT2D eigenvalue weighted by atomic mass is 9.85. The number of hydrogen-bond donors (Lipinski definition) is 0. The molecule has 0 unspecified atom stereocenters. The van der Waals surface area contributed by atoms with Crippen LogP contribution in [-0.2, 0) is 0 Å². The van der Waals surface area contributed by atoms with Gasteiger partial charge >= 0.3 is 0 Å². The van der Waals surface area contributed by atoms with Gasteiger partial charge in [0.25, 0.3) is 0 Å². The van der Waals surface area contributed by atoms with Gasteiger partial charge in [-0.2, -0.15) is 10.5 Å². The quantitative estimate of drug-likeness (QED) is 0.381. The standard InChI is InChI=1S/C28H18N2/c29-19-21-9-7-15-25(17-21)28(26-16-8-10-22(18-26)20-30)27(23-11-3-1-4-12-23)24-13-5-2-6-14-24/h1-18H. The van der Waals surface area contributed by atoms with Crippen LogP contribution in [-0.4, -0.2) is 0 Å². The molecule has 0 bridgehead atoms. The second-order valence-corrected chi connectivity index (χ2v) is 6.87. The highest BCUT2D eigenvalue weighted by atomic mass is 14.3. The average molecular weight is 382 g/mol. The maximum absolute atomic E-state index is 9.46. The van der Waals surface area contributed by atoms with E-state index < -0.39 is 0 Å². The summed E-state index contributed by atoms with van der Waals surface area (Å²) in [6, 6.07) is 40.2. The Labute approximate surface area is 176 Å². The Balaban J connectivity index is 2.13. The average Bonchev–Trinajstić information content (AvgIpc) is 2.83. The van der Waals surface area contributed by atoms with E-state index in [9.17, 15) is 10.5 Å². The fraction of sp³-hybridized carbons (Fsp3) is 0. The summed E-state index contributed by atoms with van der Waals surface area (Å²) in [5.74, 6) is 0. The third-order valence-corrected chi connectivity index (χ3v) is 4.94. The summed E-state index contributed by atoms with van der Waals surface area (Å²) in [7, 11) is 0. The third kappa shape index (κ3) is 3.90. The largest absolute Gasteiger partial charge is 0.192 e. The SMILES string of the molecule is N#Cc1cccc(C(=C(c2ccccc2)c2ccccc2)c2cccc(C#N)c2)c1. The fourth-order valence-corrected chi connectivity index (χ4v) is 3.61. The summed E-state index contributed by atoms with van der Waals surface area (Å²) in [4.78, 5) is 0. The van der Waals surface area contributed by atoms with Crippen LogP contribution in [0.15, 0.2) is 109 Å². The first-order chi connectivity index (χ1) is 14.8. The monoisotopic (exact) mass is 382 g/mol. The van der Waals surface area contributed by atoms with E-state index in [4.69, 9.17) is 0 Å². The minimum atomic E-state index is 0.599. The van der Waals surface area contributed by atoms with Crippen molar-refractivity contribution < 1.29 is 0 Å². The number of hydrogen-bond acceptors (Lipinski definition) is 2. The molecule has 0 atom stereocenters.